The fraction of sp³-hybridized carbons (Fsp3) is 0.118. The molecule has 21 heavy (non-hydrogen) atoms. The van der Waals surface area contributed by atoms with Gasteiger partial charge in [-0.15, -0.1) is 0 Å². The second kappa shape index (κ2) is 6.06. The number of carbonyl (C=O) groups excluding carboxylic acids is 1. The fourth-order valence-corrected chi connectivity index (χ4v) is 3.03. The van der Waals surface area contributed by atoms with E-state index in [1.54, 1.807) is 0 Å². The lowest BCUT2D eigenvalue weighted by Gasteiger charge is -2.18. The summed E-state index contributed by atoms with van der Waals surface area (Å²) in [5.41, 5.74) is 1.85. The maximum absolute atomic E-state index is 12.1. The van der Waals surface area contributed by atoms with Crippen LogP contribution in [0.1, 0.15) is 12.5 Å². The molecule has 0 radical (unpaired) electrons. The summed E-state index contributed by atoms with van der Waals surface area (Å²) in [6, 6.07) is 15.5. The molecule has 0 unspecified atom stereocenters. The van der Waals surface area contributed by atoms with Crippen molar-refractivity contribution < 1.29 is 9.53 Å². The van der Waals surface area contributed by atoms with E-state index in [4.69, 9.17) is 4.74 Å². The molecule has 3 rings (SSSR count). The lowest BCUT2D eigenvalue weighted by molar-refractivity contribution is -0.112. The van der Waals surface area contributed by atoms with Crippen LogP contribution >= 0.6 is 11.8 Å². The molecule has 4 heteroatoms. The zero-order chi connectivity index (χ0) is 14.7. The van der Waals surface area contributed by atoms with Gasteiger partial charge in [0, 0.05) is 4.90 Å². The Morgan fingerprint density at radius 2 is 1.90 bits per heavy atom. The maximum Gasteiger partial charge on any atom is 0.262 e. The Morgan fingerprint density at radius 3 is 2.67 bits per heavy atom. The number of fused-ring (bicyclic) bond motifs is 1. The molecule has 1 aliphatic rings. The zero-order valence-corrected chi connectivity index (χ0v) is 12.4. The molecule has 2 aromatic carbocycles. The van der Waals surface area contributed by atoms with Crippen molar-refractivity contribution in [3.05, 3.63) is 59.0 Å². The highest BCUT2D eigenvalue weighted by Crippen LogP contribution is 2.38. The number of hydrogen-bond acceptors (Lipinski definition) is 3. The van der Waals surface area contributed by atoms with Crippen LogP contribution in [0.25, 0.3) is 6.08 Å². The number of benzene rings is 2. The highest BCUT2D eigenvalue weighted by molar-refractivity contribution is 8.04. The maximum atomic E-state index is 12.1. The Hall–Kier alpha value is -2.20. The van der Waals surface area contributed by atoms with Crippen molar-refractivity contribution in [1.82, 2.24) is 0 Å². The van der Waals surface area contributed by atoms with E-state index in [0.29, 0.717) is 11.5 Å². The van der Waals surface area contributed by atoms with Gasteiger partial charge in [0.05, 0.1) is 17.2 Å². The van der Waals surface area contributed by atoms with Gasteiger partial charge in [-0.1, -0.05) is 36.0 Å². The molecule has 1 aliphatic heterocycles. The van der Waals surface area contributed by atoms with E-state index in [-0.39, 0.29) is 5.91 Å². The van der Waals surface area contributed by atoms with E-state index in [9.17, 15) is 4.79 Å². The van der Waals surface area contributed by atoms with Gasteiger partial charge in [0.25, 0.3) is 5.91 Å². The number of anilines is 1. The highest BCUT2D eigenvalue weighted by atomic mass is 32.2. The summed E-state index contributed by atoms with van der Waals surface area (Å²) in [4.78, 5) is 13.9. The Bertz CT molecular complexity index is 692. The topological polar surface area (TPSA) is 38.3 Å². The van der Waals surface area contributed by atoms with Crippen LogP contribution in [0.15, 0.2) is 58.3 Å². The number of para-hydroxylation sites is 1. The van der Waals surface area contributed by atoms with Crippen LogP contribution in [-0.4, -0.2) is 12.5 Å². The molecule has 2 aromatic rings. The molecule has 0 saturated carbocycles. The van der Waals surface area contributed by atoms with Crippen LogP contribution in [0.5, 0.6) is 5.75 Å². The first-order valence-corrected chi connectivity index (χ1v) is 7.60. The number of ether oxygens (including phenoxy) is 1. The molecular formula is C17H15NO2S. The monoisotopic (exact) mass is 297 g/mol. The van der Waals surface area contributed by atoms with E-state index < -0.39 is 0 Å². The van der Waals surface area contributed by atoms with Crippen LogP contribution in [0.3, 0.4) is 0 Å². The van der Waals surface area contributed by atoms with Gasteiger partial charge in [-0.05, 0) is 42.8 Å². The summed E-state index contributed by atoms with van der Waals surface area (Å²) in [5.74, 6) is 0.776. The third kappa shape index (κ3) is 3.11. The first-order chi connectivity index (χ1) is 10.3. The molecule has 1 amide bonds. The van der Waals surface area contributed by atoms with E-state index >= 15 is 0 Å². The van der Waals surface area contributed by atoms with E-state index in [0.717, 1.165) is 21.9 Å². The lowest BCUT2D eigenvalue weighted by atomic mass is 10.2. The van der Waals surface area contributed by atoms with Crippen LogP contribution in [-0.2, 0) is 4.79 Å². The number of carbonyl (C=O) groups is 1. The molecule has 1 N–H and O–H groups in total. The molecule has 0 saturated heterocycles. The van der Waals surface area contributed by atoms with Gasteiger partial charge in [-0.3, -0.25) is 4.79 Å². The largest absolute Gasteiger partial charge is 0.494 e. The molecule has 0 spiro atoms. The molecule has 0 fully saturated rings. The van der Waals surface area contributed by atoms with E-state index in [1.165, 1.54) is 11.8 Å². The van der Waals surface area contributed by atoms with Gasteiger partial charge in [-0.25, -0.2) is 0 Å². The first kappa shape index (κ1) is 13.8. The molecule has 3 nitrogen and oxygen atoms in total. The summed E-state index contributed by atoms with van der Waals surface area (Å²) in [6.07, 6.45) is 1.89. The predicted molar refractivity (Wildman–Crippen MR) is 86.5 cm³/mol. The van der Waals surface area contributed by atoms with Gasteiger partial charge in [-0.2, -0.15) is 0 Å². The van der Waals surface area contributed by atoms with Crippen molar-refractivity contribution >= 4 is 29.4 Å². The SMILES string of the molecule is CCOc1ccc(C=C2Sc3ccccc3NC2=O)cc1. The zero-order valence-electron chi connectivity index (χ0n) is 11.6. The van der Waals surface area contributed by atoms with Gasteiger partial charge < -0.3 is 10.1 Å². The number of hydrogen-bond donors (Lipinski definition) is 1. The van der Waals surface area contributed by atoms with Gasteiger partial charge >= 0.3 is 0 Å². The Kier molecular flexibility index (Phi) is 3.97. The van der Waals surface area contributed by atoms with Crippen molar-refractivity contribution in [2.24, 2.45) is 0 Å². The third-order valence-electron chi connectivity index (χ3n) is 3.07. The highest BCUT2D eigenvalue weighted by Gasteiger charge is 2.20. The molecule has 0 bridgehead atoms. The number of amides is 1. The van der Waals surface area contributed by atoms with Crippen LogP contribution in [0.4, 0.5) is 5.69 Å². The molecule has 106 valence electrons. The number of nitrogens with one attached hydrogen (secondary N) is 1. The predicted octanol–water partition coefficient (Wildman–Crippen LogP) is 4.17. The summed E-state index contributed by atoms with van der Waals surface area (Å²) in [6.45, 7) is 2.60. The van der Waals surface area contributed by atoms with Crippen LogP contribution in [0, 0.1) is 0 Å². The van der Waals surface area contributed by atoms with E-state index in [2.05, 4.69) is 5.32 Å². The van der Waals surface area contributed by atoms with Gasteiger partial charge in [0.15, 0.2) is 0 Å². The summed E-state index contributed by atoms with van der Waals surface area (Å²) in [7, 11) is 0. The molecule has 1 heterocycles. The lowest BCUT2D eigenvalue weighted by Crippen LogP contribution is -2.17. The molecule has 0 aromatic heterocycles. The van der Waals surface area contributed by atoms with Crippen LogP contribution in [0.2, 0.25) is 0 Å². The number of rotatable bonds is 3. The average molecular weight is 297 g/mol. The van der Waals surface area contributed by atoms with Gasteiger partial charge in [0.1, 0.15) is 5.75 Å². The van der Waals surface area contributed by atoms with Crippen molar-refractivity contribution in [2.75, 3.05) is 11.9 Å². The Balaban J connectivity index is 1.84. The first-order valence-electron chi connectivity index (χ1n) is 6.79. The smallest absolute Gasteiger partial charge is 0.262 e. The van der Waals surface area contributed by atoms with Crippen molar-refractivity contribution in [3.8, 4) is 5.75 Å². The summed E-state index contributed by atoms with van der Waals surface area (Å²) < 4.78 is 5.41. The Labute approximate surface area is 128 Å². The third-order valence-corrected chi connectivity index (χ3v) is 4.17. The standard InChI is InChI=1S/C17H15NO2S/c1-2-20-13-9-7-12(8-10-13)11-16-17(19)18-14-5-3-4-6-15(14)21-16/h3-11H,2H2,1H3,(H,18,19). The molecule has 0 atom stereocenters. The minimum Gasteiger partial charge on any atom is -0.494 e. The normalized spacial score (nSPS) is 15.5. The second-order valence-electron chi connectivity index (χ2n) is 4.56. The quantitative estimate of drug-likeness (QED) is 0.864. The van der Waals surface area contributed by atoms with Gasteiger partial charge in [0.2, 0.25) is 0 Å². The summed E-state index contributed by atoms with van der Waals surface area (Å²) >= 11 is 1.49. The Morgan fingerprint density at radius 1 is 1.14 bits per heavy atom. The number of thioether (sulfide) groups is 1. The van der Waals surface area contributed by atoms with Crippen LogP contribution < -0.4 is 10.1 Å². The molecule has 0 aliphatic carbocycles. The van der Waals surface area contributed by atoms with E-state index in [1.807, 2.05) is 61.5 Å². The van der Waals surface area contributed by atoms with Crippen molar-refractivity contribution in [2.45, 2.75) is 11.8 Å². The fourth-order valence-electron chi connectivity index (χ4n) is 2.08. The summed E-state index contributed by atoms with van der Waals surface area (Å²) in [5, 5.41) is 2.91. The van der Waals surface area contributed by atoms with Crippen molar-refractivity contribution in [1.29, 1.82) is 0 Å². The minimum absolute atomic E-state index is 0.0624. The minimum atomic E-state index is -0.0624. The van der Waals surface area contributed by atoms with Crippen molar-refractivity contribution in [3.63, 3.8) is 0 Å². The second-order valence-corrected chi connectivity index (χ2v) is 5.65. The average Bonchev–Trinajstić information content (AvgIpc) is 2.50. The molecular weight excluding hydrogens is 282 g/mol.